The summed E-state index contributed by atoms with van der Waals surface area (Å²) in [5.41, 5.74) is 6.25. The van der Waals surface area contributed by atoms with E-state index >= 15 is 0 Å². The molecule has 2 rings (SSSR count). The molecule has 112 valence electrons. The van der Waals surface area contributed by atoms with Crippen molar-refractivity contribution in [1.29, 1.82) is 0 Å². The topological polar surface area (TPSA) is 64.2 Å². The summed E-state index contributed by atoms with van der Waals surface area (Å²) in [4.78, 5) is 14.6. The molecule has 1 unspecified atom stereocenters. The Hall–Kier alpha value is -1.52. The zero-order chi connectivity index (χ0) is 14.9. The van der Waals surface area contributed by atoms with E-state index < -0.39 is 0 Å². The van der Waals surface area contributed by atoms with Crippen LogP contribution in [-0.2, 0) is 5.54 Å². The smallest absolute Gasteiger partial charge is 0.274 e. The predicted molar refractivity (Wildman–Crippen MR) is 80.6 cm³/mol. The number of aromatic nitrogens is 2. The monoisotopic (exact) mass is 278 g/mol. The van der Waals surface area contributed by atoms with Crippen LogP contribution < -0.4 is 5.73 Å². The van der Waals surface area contributed by atoms with E-state index in [1.165, 1.54) is 6.42 Å². The summed E-state index contributed by atoms with van der Waals surface area (Å²) in [6, 6.07) is 2.05. The molecule has 0 aliphatic carbocycles. The van der Waals surface area contributed by atoms with Crippen LogP contribution in [0.1, 0.15) is 63.9 Å². The van der Waals surface area contributed by atoms with Gasteiger partial charge in [0.2, 0.25) is 0 Å². The molecule has 2 heterocycles. The van der Waals surface area contributed by atoms with Gasteiger partial charge in [-0.05, 0) is 46.5 Å². The van der Waals surface area contributed by atoms with Crippen LogP contribution in [-0.4, -0.2) is 33.2 Å². The number of hydrogen-bond donors (Lipinski definition) is 1. The van der Waals surface area contributed by atoms with E-state index in [0.717, 1.165) is 25.8 Å². The summed E-state index contributed by atoms with van der Waals surface area (Å²) in [7, 11) is 0. The average molecular weight is 278 g/mol. The van der Waals surface area contributed by atoms with Crippen molar-refractivity contribution < 1.29 is 4.79 Å². The van der Waals surface area contributed by atoms with Crippen molar-refractivity contribution in [2.45, 2.75) is 65.0 Å². The van der Waals surface area contributed by atoms with E-state index in [2.05, 4.69) is 12.0 Å². The molecule has 5 nitrogen and oxygen atoms in total. The normalized spacial score (nSPS) is 20.2. The Bertz CT molecular complexity index is 487. The first-order valence-electron chi connectivity index (χ1n) is 7.51. The fourth-order valence-electron chi connectivity index (χ4n) is 2.88. The van der Waals surface area contributed by atoms with Gasteiger partial charge < -0.3 is 10.6 Å². The summed E-state index contributed by atoms with van der Waals surface area (Å²) in [5, 5.41) is 4.43. The van der Waals surface area contributed by atoms with Crippen molar-refractivity contribution in [3.63, 3.8) is 0 Å². The second-order valence-corrected chi connectivity index (χ2v) is 6.59. The number of carbonyl (C=O) groups is 1. The molecule has 1 aliphatic heterocycles. The Kier molecular flexibility index (Phi) is 4.06. The van der Waals surface area contributed by atoms with Crippen molar-refractivity contribution in [2.24, 2.45) is 0 Å². The van der Waals surface area contributed by atoms with Crippen molar-refractivity contribution in [3.8, 4) is 0 Å². The van der Waals surface area contributed by atoms with Gasteiger partial charge in [0.05, 0.1) is 5.54 Å². The van der Waals surface area contributed by atoms with Crippen LogP contribution in [0.3, 0.4) is 0 Å². The van der Waals surface area contributed by atoms with Crippen molar-refractivity contribution in [1.82, 2.24) is 14.7 Å². The van der Waals surface area contributed by atoms with Crippen LogP contribution in [0.5, 0.6) is 0 Å². The highest BCUT2D eigenvalue weighted by atomic mass is 16.2. The van der Waals surface area contributed by atoms with Gasteiger partial charge in [0.15, 0.2) is 5.69 Å². The number of likely N-dealkylation sites (tertiary alicyclic amines) is 1. The van der Waals surface area contributed by atoms with E-state index in [-0.39, 0.29) is 11.4 Å². The van der Waals surface area contributed by atoms with Gasteiger partial charge in [-0.25, -0.2) is 4.68 Å². The van der Waals surface area contributed by atoms with E-state index in [1.54, 1.807) is 10.7 Å². The molecule has 5 heteroatoms. The Labute approximate surface area is 121 Å². The third-order valence-electron chi connectivity index (χ3n) is 3.95. The number of nitrogen functional groups attached to an aromatic ring is 1. The first kappa shape index (κ1) is 14.9. The minimum absolute atomic E-state index is 0.0197. The number of nitrogens with two attached hydrogens (primary N) is 1. The van der Waals surface area contributed by atoms with Gasteiger partial charge in [0.1, 0.15) is 5.82 Å². The maximum Gasteiger partial charge on any atom is 0.274 e. The third kappa shape index (κ3) is 2.81. The van der Waals surface area contributed by atoms with E-state index in [0.29, 0.717) is 17.6 Å². The largest absolute Gasteiger partial charge is 0.384 e. The molecule has 0 aromatic carbocycles. The maximum absolute atomic E-state index is 12.7. The average Bonchev–Trinajstić information content (AvgIpc) is 2.80. The van der Waals surface area contributed by atoms with Gasteiger partial charge in [-0.3, -0.25) is 4.79 Å². The van der Waals surface area contributed by atoms with Crippen LogP contribution in [0.2, 0.25) is 0 Å². The maximum atomic E-state index is 12.7. The van der Waals surface area contributed by atoms with Gasteiger partial charge >= 0.3 is 0 Å². The molecular formula is C15H26N4O. The molecule has 1 aliphatic rings. The molecule has 1 aromatic heterocycles. The highest BCUT2D eigenvalue weighted by Crippen LogP contribution is 2.24. The Morgan fingerprint density at radius 1 is 1.45 bits per heavy atom. The summed E-state index contributed by atoms with van der Waals surface area (Å²) < 4.78 is 1.73. The molecule has 0 spiro atoms. The predicted octanol–water partition coefficient (Wildman–Crippen LogP) is 2.63. The lowest BCUT2D eigenvalue weighted by molar-refractivity contribution is 0.0600. The van der Waals surface area contributed by atoms with Crippen LogP contribution >= 0.6 is 0 Å². The third-order valence-corrected chi connectivity index (χ3v) is 3.95. The lowest BCUT2D eigenvalue weighted by Gasteiger charge is -2.34. The number of anilines is 1. The quantitative estimate of drug-likeness (QED) is 0.904. The number of amides is 1. The molecule has 0 radical (unpaired) electrons. The Balaban J connectivity index is 2.25. The van der Waals surface area contributed by atoms with E-state index in [1.807, 2.05) is 25.7 Å². The molecule has 0 bridgehead atoms. The summed E-state index contributed by atoms with van der Waals surface area (Å²) in [6.45, 7) is 9.05. The molecule has 1 saturated heterocycles. The minimum Gasteiger partial charge on any atom is -0.384 e. The van der Waals surface area contributed by atoms with Gasteiger partial charge in [-0.1, -0.05) is 6.92 Å². The van der Waals surface area contributed by atoms with Crippen molar-refractivity contribution in [3.05, 3.63) is 11.8 Å². The first-order valence-corrected chi connectivity index (χ1v) is 7.51. The molecule has 1 amide bonds. The Morgan fingerprint density at radius 3 is 2.70 bits per heavy atom. The van der Waals surface area contributed by atoms with Crippen molar-refractivity contribution >= 4 is 11.7 Å². The summed E-state index contributed by atoms with van der Waals surface area (Å²) in [5.74, 6) is 0.567. The molecule has 2 N–H and O–H groups in total. The van der Waals surface area contributed by atoms with Crippen LogP contribution in [0.15, 0.2) is 6.07 Å². The molecule has 20 heavy (non-hydrogen) atoms. The zero-order valence-corrected chi connectivity index (χ0v) is 13.0. The van der Waals surface area contributed by atoms with Crippen LogP contribution in [0.25, 0.3) is 0 Å². The zero-order valence-electron chi connectivity index (χ0n) is 13.0. The second kappa shape index (κ2) is 5.46. The fraction of sp³-hybridized carbons (Fsp3) is 0.733. The fourth-order valence-corrected chi connectivity index (χ4v) is 2.88. The SMILES string of the molecule is CCC1CCCCN1C(=O)c1cc(N)n(C(C)(C)C)n1. The number of carbonyl (C=O) groups excluding carboxylic acids is 1. The van der Waals surface area contributed by atoms with Gasteiger partial charge in [-0.2, -0.15) is 5.10 Å². The summed E-state index contributed by atoms with van der Waals surface area (Å²) >= 11 is 0. The molecular weight excluding hydrogens is 252 g/mol. The molecule has 0 saturated carbocycles. The minimum atomic E-state index is -0.214. The van der Waals surface area contributed by atoms with Gasteiger partial charge in [0.25, 0.3) is 5.91 Å². The number of nitrogens with zero attached hydrogens (tertiary/aromatic N) is 3. The summed E-state index contributed by atoms with van der Waals surface area (Å²) in [6.07, 6.45) is 4.39. The number of piperidine rings is 1. The Morgan fingerprint density at radius 2 is 2.15 bits per heavy atom. The van der Waals surface area contributed by atoms with E-state index in [9.17, 15) is 4.79 Å². The number of rotatable bonds is 2. The molecule has 1 atom stereocenters. The van der Waals surface area contributed by atoms with Gasteiger partial charge in [-0.15, -0.1) is 0 Å². The first-order chi connectivity index (χ1) is 9.34. The van der Waals surface area contributed by atoms with Crippen molar-refractivity contribution in [2.75, 3.05) is 12.3 Å². The highest BCUT2D eigenvalue weighted by Gasteiger charge is 2.29. The lowest BCUT2D eigenvalue weighted by Crippen LogP contribution is -2.43. The highest BCUT2D eigenvalue weighted by molar-refractivity contribution is 5.93. The molecule has 1 aromatic rings. The standard InChI is InChI=1S/C15H26N4O/c1-5-11-8-6-7-9-18(11)14(20)12-10-13(16)19(17-12)15(2,3)4/h10-11H,5-9,16H2,1-4H3. The number of hydrogen-bond acceptors (Lipinski definition) is 3. The molecule has 1 fully saturated rings. The van der Waals surface area contributed by atoms with E-state index in [4.69, 9.17) is 5.73 Å². The van der Waals surface area contributed by atoms with Crippen LogP contribution in [0.4, 0.5) is 5.82 Å². The van der Waals surface area contributed by atoms with Crippen LogP contribution in [0, 0.1) is 0 Å². The lowest BCUT2D eigenvalue weighted by atomic mass is 9.99. The second-order valence-electron chi connectivity index (χ2n) is 6.59. The van der Waals surface area contributed by atoms with Gasteiger partial charge in [0, 0.05) is 18.7 Å².